The van der Waals surface area contributed by atoms with Crippen molar-refractivity contribution in [3.05, 3.63) is 12.7 Å². The highest BCUT2D eigenvalue weighted by Crippen LogP contribution is 1.67. The molecule has 0 saturated carbocycles. The number of rotatable bonds is 1. The van der Waals surface area contributed by atoms with E-state index in [1.807, 2.05) is 17.9 Å². The van der Waals surface area contributed by atoms with Gasteiger partial charge in [-0.25, -0.2) is 4.57 Å². The van der Waals surface area contributed by atoms with E-state index in [0.717, 1.165) is 6.54 Å². The van der Waals surface area contributed by atoms with Crippen LogP contribution in [0.15, 0.2) is 12.7 Å². The lowest BCUT2D eigenvalue weighted by Crippen LogP contribution is -3.00. The lowest BCUT2D eigenvalue weighted by atomic mass is 10.7. The fourth-order valence-corrected chi connectivity index (χ4v) is 0.585. The van der Waals surface area contributed by atoms with Crippen LogP contribution in [-0.4, -0.2) is 9.78 Å². The minimum atomic E-state index is 0. The van der Waals surface area contributed by atoms with Gasteiger partial charge in [0, 0.05) is 5.10 Å². The molecule has 52 valence electrons. The molecule has 0 aliphatic heterocycles. The predicted molar refractivity (Wildman–Crippen MR) is 29.1 cm³/mol. The van der Waals surface area contributed by atoms with Gasteiger partial charge in [0.15, 0.2) is 0 Å². The minimum absolute atomic E-state index is 0. The highest BCUT2D eigenvalue weighted by atomic mass is 127. The first-order chi connectivity index (χ1) is 3.83. The van der Waals surface area contributed by atoms with Crippen LogP contribution < -0.4 is 28.5 Å². The van der Waals surface area contributed by atoms with Crippen LogP contribution in [0.1, 0.15) is 6.92 Å². The Kier molecular flexibility index (Phi) is 3.76. The van der Waals surface area contributed by atoms with Crippen molar-refractivity contribution in [2.75, 3.05) is 0 Å². The van der Waals surface area contributed by atoms with Crippen molar-refractivity contribution < 1.29 is 28.5 Å². The minimum Gasteiger partial charge on any atom is -1.00 e. The third kappa shape index (κ3) is 2.30. The smallest absolute Gasteiger partial charge is 0.265 e. The van der Waals surface area contributed by atoms with E-state index in [1.54, 1.807) is 11.0 Å². The van der Waals surface area contributed by atoms with E-state index in [2.05, 4.69) is 12.0 Å². The number of aromatic nitrogens is 3. The highest BCUT2D eigenvalue weighted by Gasteiger charge is 1.94. The van der Waals surface area contributed by atoms with Gasteiger partial charge in [-0.2, -0.15) is 0 Å². The summed E-state index contributed by atoms with van der Waals surface area (Å²) in [5.74, 6) is 0. The topological polar surface area (TPSA) is 21.7 Å². The third-order valence-corrected chi connectivity index (χ3v) is 1.06. The van der Waals surface area contributed by atoms with Crippen molar-refractivity contribution in [1.82, 2.24) is 9.78 Å². The summed E-state index contributed by atoms with van der Waals surface area (Å²) in [7, 11) is 1.91. The quantitative estimate of drug-likeness (QED) is 0.372. The standard InChI is InChI=1S/C5H10N3.HI/c1-3-8-4-6-7(2)5-8;/h4-5H,3H2,1-2H3;1H/q+1;/p-1. The summed E-state index contributed by atoms with van der Waals surface area (Å²) in [6.45, 7) is 3.08. The molecule has 3 nitrogen and oxygen atoms in total. The summed E-state index contributed by atoms with van der Waals surface area (Å²) in [5.41, 5.74) is 0. The molecule has 9 heavy (non-hydrogen) atoms. The molecular formula is C5H10IN3. The number of halogens is 1. The summed E-state index contributed by atoms with van der Waals surface area (Å²) < 4.78 is 3.80. The zero-order valence-electron chi connectivity index (χ0n) is 5.58. The Morgan fingerprint density at radius 2 is 2.33 bits per heavy atom. The Morgan fingerprint density at radius 1 is 1.67 bits per heavy atom. The molecule has 0 spiro atoms. The number of hydrogen-bond acceptors (Lipinski definition) is 1. The molecule has 0 saturated heterocycles. The molecule has 0 aliphatic rings. The largest absolute Gasteiger partial charge is 1.00 e. The van der Waals surface area contributed by atoms with Crippen molar-refractivity contribution in [3.63, 3.8) is 0 Å². The van der Waals surface area contributed by atoms with Crippen LogP contribution in [0.3, 0.4) is 0 Å². The lowest BCUT2D eigenvalue weighted by molar-refractivity contribution is -0.694. The molecular weight excluding hydrogens is 229 g/mol. The fourth-order valence-electron chi connectivity index (χ4n) is 0.585. The average molecular weight is 239 g/mol. The zero-order valence-corrected chi connectivity index (χ0v) is 7.74. The molecule has 0 atom stereocenters. The van der Waals surface area contributed by atoms with Crippen LogP contribution in [0.4, 0.5) is 0 Å². The molecule has 0 amide bonds. The van der Waals surface area contributed by atoms with E-state index in [-0.39, 0.29) is 24.0 Å². The number of aryl methyl sites for hydroxylation is 2. The van der Waals surface area contributed by atoms with Crippen LogP contribution in [0, 0.1) is 0 Å². The van der Waals surface area contributed by atoms with Gasteiger partial charge in [0.05, 0.1) is 13.6 Å². The van der Waals surface area contributed by atoms with Gasteiger partial charge in [-0.15, -0.1) is 4.68 Å². The zero-order chi connectivity index (χ0) is 5.98. The van der Waals surface area contributed by atoms with E-state index in [4.69, 9.17) is 0 Å². The highest BCUT2D eigenvalue weighted by molar-refractivity contribution is 4.36. The molecule has 0 fully saturated rings. The Labute approximate surface area is 71.7 Å². The van der Waals surface area contributed by atoms with Crippen molar-refractivity contribution >= 4 is 0 Å². The molecule has 0 unspecified atom stereocenters. The van der Waals surface area contributed by atoms with Crippen LogP contribution in [0.25, 0.3) is 0 Å². The monoisotopic (exact) mass is 239 g/mol. The van der Waals surface area contributed by atoms with Gasteiger partial charge in [-0.1, -0.05) is 0 Å². The Hall–Kier alpha value is -0.130. The molecule has 0 aliphatic carbocycles. The molecule has 1 rings (SSSR count). The normalized spacial score (nSPS) is 8.67. The third-order valence-electron chi connectivity index (χ3n) is 1.06. The summed E-state index contributed by atoms with van der Waals surface area (Å²) in [6.07, 6.45) is 3.75. The molecule has 0 radical (unpaired) electrons. The van der Waals surface area contributed by atoms with E-state index >= 15 is 0 Å². The number of hydrogen-bond donors (Lipinski definition) is 0. The number of nitrogens with zero attached hydrogens (tertiary/aromatic N) is 3. The Morgan fingerprint density at radius 3 is 2.56 bits per heavy atom. The van der Waals surface area contributed by atoms with E-state index in [9.17, 15) is 0 Å². The van der Waals surface area contributed by atoms with Gasteiger partial charge >= 0.3 is 0 Å². The van der Waals surface area contributed by atoms with Crippen LogP contribution in [0.2, 0.25) is 0 Å². The van der Waals surface area contributed by atoms with Gasteiger partial charge in [0.1, 0.15) is 0 Å². The van der Waals surface area contributed by atoms with Gasteiger partial charge in [0.2, 0.25) is 6.33 Å². The molecule has 1 heterocycles. The maximum atomic E-state index is 3.97. The van der Waals surface area contributed by atoms with E-state index in [0.29, 0.717) is 0 Å². The van der Waals surface area contributed by atoms with E-state index < -0.39 is 0 Å². The summed E-state index contributed by atoms with van der Waals surface area (Å²) in [6, 6.07) is 0. The summed E-state index contributed by atoms with van der Waals surface area (Å²) >= 11 is 0. The van der Waals surface area contributed by atoms with Crippen molar-refractivity contribution in [1.29, 1.82) is 0 Å². The van der Waals surface area contributed by atoms with Crippen molar-refractivity contribution in [3.8, 4) is 0 Å². The van der Waals surface area contributed by atoms with Crippen LogP contribution >= 0.6 is 0 Å². The second-order valence-corrected chi connectivity index (χ2v) is 1.75. The summed E-state index contributed by atoms with van der Waals surface area (Å²) in [5, 5.41) is 3.97. The van der Waals surface area contributed by atoms with Crippen LogP contribution in [0.5, 0.6) is 0 Å². The predicted octanol–water partition coefficient (Wildman–Crippen LogP) is -3.27. The molecule has 1 aromatic heterocycles. The second kappa shape index (κ2) is 3.81. The molecule has 1 aromatic rings. The molecule has 0 bridgehead atoms. The fraction of sp³-hybridized carbons (Fsp3) is 0.600. The van der Waals surface area contributed by atoms with Crippen molar-refractivity contribution in [2.45, 2.75) is 13.5 Å². The lowest BCUT2D eigenvalue weighted by Gasteiger charge is -1.80. The molecule has 0 aromatic carbocycles. The van der Waals surface area contributed by atoms with E-state index in [1.165, 1.54) is 0 Å². The SMILES string of the molecule is CC[n+]1cnn(C)c1.[I-]. The van der Waals surface area contributed by atoms with Gasteiger partial charge in [-0.05, 0) is 6.92 Å². The van der Waals surface area contributed by atoms with Gasteiger partial charge in [0.25, 0.3) is 6.33 Å². The molecule has 4 heteroatoms. The van der Waals surface area contributed by atoms with Gasteiger partial charge < -0.3 is 24.0 Å². The second-order valence-electron chi connectivity index (χ2n) is 1.75. The maximum Gasteiger partial charge on any atom is 0.265 e. The average Bonchev–Trinajstić information content (AvgIpc) is 2.14. The Balaban J connectivity index is 0.000000640. The van der Waals surface area contributed by atoms with Crippen molar-refractivity contribution in [2.24, 2.45) is 7.05 Å². The first kappa shape index (κ1) is 8.87. The van der Waals surface area contributed by atoms with Crippen LogP contribution in [-0.2, 0) is 13.6 Å². The summed E-state index contributed by atoms with van der Waals surface area (Å²) in [4.78, 5) is 0. The Bertz CT molecular complexity index is 172. The van der Waals surface area contributed by atoms with Gasteiger partial charge in [-0.3, -0.25) is 0 Å². The molecule has 0 N–H and O–H groups in total. The maximum absolute atomic E-state index is 3.97. The first-order valence-corrected chi connectivity index (χ1v) is 2.70. The first-order valence-electron chi connectivity index (χ1n) is 2.70.